The van der Waals surface area contributed by atoms with Gasteiger partial charge in [0.1, 0.15) is 0 Å². The molecule has 0 radical (unpaired) electrons. The molecule has 0 unspecified atom stereocenters. The number of nitrogens with zero attached hydrogens (tertiary/aromatic N) is 1. The van der Waals surface area contributed by atoms with Gasteiger partial charge >= 0.3 is 0 Å². The van der Waals surface area contributed by atoms with Crippen LogP contribution in [0.3, 0.4) is 0 Å². The van der Waals surface area contributed by atoms with E-state index in [1.54, 1.807) is 4.90 Å². The van der Waals surface area contributed by atoms with E-state index in [1.165, 1.54) is 11.1 Å². The Hall–Kier alpha value is -1.35. The van der Waals surface area contributed by atoms with Crippen molar-refractivity contribution < 1.29 is 4.79 Å². The van der Waals surface area contributed by atoms with Crippen molar-refractivity contribution in [2.75, 3.05) is 20.1 Å². The van der Waals surface area contributed by atoms with Gasteiger partial charge in [-0.3, -0.25) is 4.79 Å². The van der Waals surface area contributed by atoms with Crippen LogP contribution in [0.5, 0.6) is 0 Å². The summed E-state index contributed by atoms with van der Waals surface area (Å²) >= 11 is 0. The number of hydrogen-bond donors (Lipinski definition) is 1. The van der Waals surface area contributed by atoms with E-state index in [2.05, 4.69) is 45.0 Å². The fourth-order valence-corrected chi connectivity index (χ4v) is 2.09. The van der Waals surface area contributed by atoms with Crippen molar-refractivity contribution in [1.82, 2.24) is 4.90 Å². The number of carbonyl (C=O) groups is 1. The molecule has 0 aromatic heterocycles. The zero-order valence-electron chi connectivity index (χ0n) is 11.9. The normalized spacial score (nSPS) is 11.4. The van der Waals surface area contributed by atoms with Crippen LogP contribution < -0.4 is 5.73 Å². The van der Waals surface area contributed by atoms with Crippen LogP contribution in [0.15, 0.2) is 24.3 Å². The molecule has 100 valence electrons. The summed E-state index contributed by atoms with van der Waals surface area (Å²) in [6.45, 7) is 7.50. The van der Waals surface area contributed by atoms with Gasteiger partial charge in [-0.2, -0.15) is 0 Å². The van der Waals surface area contributed by atoms with E-state index in [9.17, 15) is 4.79 Å². The number of carbonyl (C=O) groups excluding carboxylic acids is 1. The molecule has 3 nitrogen and oxygen atoms in total. The molecular formula is C15H24N2O. The Labute approximate surface area is 110 Å². The van der Waals surface area contributed by atoms with Crippen LogP contribution in [-0.2, 0) is 10.2 Å². The topological polar surface area (TPSA) is 46.3 Å². The number of hydrogen-bond acceptors (Lipinski definition) is 2. The average molecular weight is 248 g/mol. The molecule has 1 aromatic carbocycles. The van der Waals surface area contributed by atoms with Crippen molar-refractivity contribution in [2.45, 2.75) is 32.6 Å². The minimum Gasteiger partial charge on any atom is -0.345 e. The second kappa shape index (κ2) is 6.01. The standard InChI is InChI=1S/C15H24N2O/c1-12-5-7-13(8-6-12)15(2,3)11-17(4)14(18)9-10-16/h5-8H,9-11,16H2,1-4H3. The van der Waals surface area contributed by atoms with Crippen LogP contribution in [0.25, 0.3) is 0 Å². The van der Waals surface area contributed by atoms with Crippen LogP contribution in [0.4, 0.5) is 0 Å². The van der Waals surface area contributed by atoms with E-state index in [4.69, 9.17) is 5.73 Å². The number of likely N-dealkylation sites (N-methyl/N-ethyl adjacent to an activating group) is 1. The Kier molecular flexibility index (Phi) is 4.91. The molecule has 0 heterocycles. The first kappa shape index (κ1) is 14.7. The first-order chi connectivity index (χ1) is 8.36. The van der Waals surface area contributed by atoms with Gasteiger partial charge in [0.2, 0.25) is 5.91 Å². The predicted octanol–water partition coefficient (Wildman–Crippen LogP) is 2.08. The highest BCUT2D eigenvalue weighted by Gasteiger charge is 2.24. The van der Waals surface area contributed by atoms with Crippen LogP contribution in [0.1, 0.15) is 31.4 Å². The Morgan fingerprint density at radius 3 is 2.33 bits per heavy atom. The Morgan fingerprint density at radius 1 is 1.28 bits per heavy atom. The second-order valence-electron chi connectivity index (χ2n) is 5.54. The molecule has 0 aliphatic carbocycles. The minimum absolute atomic E-state index is 0.0489. The zero-order chi connectivity index (χ0) is 13.8. The van der Waals surface area contributed by atoms with Crippen LogP contribution in [0, 0.1) is 6.92 Å². The zero-order valence-corrected chi connectivity index (χ0v) is 11.9. The fraction of sp³-hybridized carbons (Fsp3) is 0.533. The van der Waals surface area contributed by atoms with Crippen molar-refractivity contribution >= 4 is 5.91 Å². The number of nitrogens with two attached hydrogens (primary N) is 1. The Morgan fingerprint density at radius 2 is 1.83 bits per heavy atom. The van der Waals surface area contributed by atoms with E-state index in [0.29, 0.717) is 19.5 Å². The highest BCUT2D eigenvalue weighted by atomic mass is 16.2. The summed E-state index contributed by atoms with van der Waals surface area (Å²) in [5.74, 6) is 0.109. The molecule has 3 heteroatoms. The lowest BCUT2D eigenvalue weighted by atomic mass is 9.84. The molecule has 0 aliphatic heterocycles. The lowest BCUT2D eigenvalue weighted by Gasteiger charge is -2.31. The van der Waals surface area contributed by atoms with Gasteiger partial charge in [0, 0.05) is 32.0 Å². The van der Waals surface area contributed by atoms with Crippen molar-refractivity contribution in [2.24, 2.45) is 5.73 Å². The number of benzene rings is 1. The summed E-state index contributed by atoms with van der Waals surface area (Å²) in [6, 6.07) is 8.49. The van der Waals surface area contributed by atoms with Gasteiger partial charge in [-0.05, 0) is 12.5 Å². The number of aryl methyl sites for hydroxylation is 1. The van der Waals surface area contributed by atoms with Gasteiger partial charge in [0.25, 0.3) is 0 Å². The van der Waals surface area contributed by atoms with Gasteiger partial charge in [-0.1, -0.05) is 43.7 Å². The third-order valence-electron chi connectivity index (χ3n) is 3.25. The third kappa shape index (κ3) is 3.84. The molecule has 18 heavy (non-hydrogen) atoms. The van der Waals surface area contributed by atoms with Crippen molar-refractivity contribution in [3.05, 3.63) is 35.4 Å². The predicted molar refractivity (Wildman–Crippen MR) is 75.5 cm³/mol. The van der Waals surface area contributed by atoms with Crippen LogP contribution >= 0.6 is 0 Å². The molecule has 2 N–H and O–H groups in total. The molecule has 0 atom stereocenters. The highest BCUT2D eigenvalue weighted by molar-refractivity contribution is 5.76. The molecule has 1 amide bonds. The lowest BCUT2D eigenvalue weighted by molar-refractivity contribution is -0.130. The molecule has 1 aromatic rings. The Bertz CT molecular complexity index is 395. The maximum atomic E-state index is 11.8. The molecule has 0 bridgehead atoms. The summed E-state index contributed by atoms with van der Waals surface area (Å²) < 4.78 is 0. The molecule has 0 saturated heterocycles. The van der Waals surface area contributed by atoms with Gasteiger partial charge in [0.15, 0.2) is 0 Å². The molecule has 0 saturated carbocycles. The number of amides is 1. The van der Waals surface area contributed by atoms with E-state index >= 15 is 0 Å². The number of rotatable bonds is 5. The molecule has 0 aliphatic rings. The second-order valence-corrected chi connectivity index (χ2v) is 5.54. The first-order valence-electron chi connectivity index (χ1n) is 6.38. The molecule has 1 rings (SSSR count). The van der Waals surface area contributed by atoms with Gasteiger partial charge in [-0.25, -0.2) is 0 Å². The molecule has 0 fully saturated rings. The quantitative estimate of drug-likeness (QED) is 0.867. The Balaban J connectivity index is 2.75. The summed E-state index contributed by atoms with van der Waals surface area (Å²) in [6.07, 6.45) is 0.417. The third-order valence-corrected chi connectivity index (χ3v) is 3.25. The summed E-state index contributed by atoms with van der Waals surface area (Å²) in [5.41, 5.74) is 7.86. The largest absolute Gasteiger partial charge is 0.345 e. The van der Waals surface area contributed by atoms with E-state index < -0.39 is 0 Å². The van der Waals surface area contributed by atoms with Crippen molar-refractivity contribution in [3.8, 4) is 0 Å². The van der Waals surface area contributed by atoms with Gasteiger partial charge < -0.3 is 10.6 Å². The van der Waals surface area contributed by atoms with Crippen molar-refractivity contribution in [3.63, 3.8) is 0 Å². The van der Waals surface area contributed by atoms with Crippen LogP contribution in [-0.4, -0.2) is 30.9 Å². The van der Waals surface area contributed by atoms with E-state index in [0.717, 1.165) is 0 Å². The first-order valence-corrected chi connectivity index (χ1v) is 6.38. The van der Waals surface area contributed by atoms with E-state index in [-0.39, 0.29) is 11.3 Å². The molecule has 0 spiro atoms. The van der Waals surface area contributed by atoms with Gasteiger partial charge in [-0.15, -0.1) is 0 Å². The van der Waals surface area contributed by atoms with Crippen LogP contribution in [0.2, 0.25) is 0 Å². The van der Waals surface area contributed by atoms with Crippen molar-refractivity contribution in [1.29, 1.82) is 0 Å². The molecular weight excluding hydrogens is 224 g/mol. The minimum atomic E-state index is -0.0489. The summed E-state index contributed by atoms with van der Waals surface area (Å²) in [4.78, 5) is 13.5. The highest BCUT2D eigenvalue weighted by Crippen LogP contribution is 2.24. The monoisotopic (exact) mass is 248 g/mol. The fourth-order valence-electron chi connectivity index (χ4n) is 2.09. The summed E-state index contributed by atoms with van der Waals surface area (Å²) in [7, 11) is 1.84. The summed E-state index contributed by atoms with van der Waals surface area (Å²) in [5, 5.41) is 0. The SMILES string of the molecule is Cc1ccc(C(C)(C)CN(C)C(=O)CCN)cc1. The maximum Gasteiger partial charge on any atom is 0.223 e. The average Bonchev–Trinajstić information content (AvgIpc) is 2.29. The van der Waals surface area contributed by atoms with Gasteiger partial charge in [0.05, 0.1) is 0 Å². The lowest BCUT2D eigenvalue weighted by Crippen LogP contribution is -2.38. The van der Waals surface area contributed by atoms with E-state index in [1.807, 2.05) is 7.05 Å². The maximum absolute atomic E-state index is 11.8. The smallest absolute Gasteiger partial charge is 0.223 e.